The van der Waals surface area contributed by atoms with E-state index < -0.39 is 18.5 Å². The van der Waals surface area contributed by atoms with Gasteiger partial charge in [-0.1, -0.05) is 6.07 Å². The summed E-state index contributed by atoms with van der Waals surface area (Å²) in [6.45, 7) is 5.09. The van der Waals surface area contributed by atoms with Crippen molar-refractivity contribution in [2.75, 3.05) is 37.6 Å². The molecule has 0 radical (unpaired) electrons. The van der Waals surface area contributed by atoms with E-state index in [0.29, 0.717) is 5.92 Å². The third-order valence-corrected chi connectivity index (χ3v) is 6.76. The van der Waals surface area contributed by atoms with Crippen molar-refractivity contribution in [3.63, 3.8) is 0 Å². The number of nitrogens with zero attached hydrogens (tertiary/aromatic N) is 3. The van der Waals surface area contributed by atoms with Gasteiger partial charge in [-0.2, -0.15) is 13.2 Å². The minimum Gasteiger partial charge on any atom is -0.368 e. The summed E-state index contributed by atoms with van der Waals surface area (Å²) < 4.78 is 37.0. The summed E-state index contributed by atoms with van der Waals surface area (Å²) in [5.74, 6) is -0.311. The van der Waals surface area contributed by atoms with Crippen LogP contribution in [0, 0.1) is 5.92 Å². The number of amides is 1. The lowest BCUT2D eigenvalue weighted by atomic mass is 9.84. The molecule has 32 heavy (non-hydrogen) atoms. The Kier molecular flexibility index (Phi) is 7.18. The van der Waals surface area contributed by atoms with E-state index in [9.17, 15) is 18.0 Å². The van der Waals surface area contributed by atoms with Crippen molar-refractivity contribution >= 4 is 22.5 Å². The van der Waals surface area contributed by atoms with E-state index in [2.05, 4.69) is 38.3 Å². The van der Waals surface area contributed by atoms with Gasteiger partial charge in [0.25, 0.3) is 0 Å². The van der Waals surface area contributed by atoms with Gasteiger partial charge in [-0.15, -0.1) is 0 Å². The van der Waals surface area contributed by atoms with E-state index in [-0.39, 0.29) is 6.04 Å². The van der Waals surface area contributed by atoms with Gasteiger partial charge in [0.05, 0.1) is 5.52 Å². The van der Waals surface area contributed by atoms with E-state index in [1.54, 1.807) is 0 Å². The fourth-order valence-corrected chi connectivity index (χ4v) is 5.00. The van der Waals surface area contributed by atoms with Gasteiger partial charge in [-0.05, 0) is 68.8 Å². The highest BCUT2D eigenvalue weighted by molar-refractivity contribution is 5.91. The third-order valence-electron chi connectivity index (χ3n) is 6.76. The molecule has 0 bridgehead atoms. The first kappa shape index (κ1) is 22.8. The van der Waals surface area contributed by atoms with Crippen molar-refractivity contribution < 1.29 is 18.0 Å². The van der Waals surface area contributed by atoms with Crippen LogP contribution in [-0.4, -0.2) is 60.7 Å². The summed E-state index contributed by atoms with van der Waals surface area (Å²) >= 11 is 0. The molecule has 4 rings (SSSR count). The number of aromatic nitrogens is 1. The highest BCUT2D eigenvalue weighted by atomic mass is 19.4. The predicted molar refractivity (Wildman–Crippen MR) is 120 cm³/mol. The Labute approximate surface area is 187 Å². The Morgan fingerprint density at radius 2 is 1.78 bits per heavy atom. The summed E-state index contributed by atoms with van der Waals surface area (Å²) in [7, 11) is 0. The van der Waals surface area contributed by atoms with Gasteiger partial charge in [0.1, 0.15) is 6.42 Å². The van der Waals surface area contributed by atoms with Crippen molar-refractivity contribution in [2.45, 2.75) is 50.7 Å². The molecule has 1 saturated carbocycles. The average molecular weight is 449 g/mol. The van der Waals surface area contributed by atoms with Gasteiger partial charge in [0.15, 0.2) is 0 Å². The number of benzene rings is 1. The number of carbonyl (C=O) groups is 1. The normalized spacial score (nSPS) is 22.8. The van der Waals surface area contributed by atoms with Crippen LogP contribution in [0.5, 0.6) is 0 Å². The molecule has 5 nitrogen and oxygen atoms in total. The van der Waals surface area contributed by atoms with Crippen molar-refractivity contribution in [3.05, 3.63) is 36.5 Å². The minimum absolute atomic E-state index is 0.111. The molecular formula is C24H31F3N4O. The molecule has 0 spiro atoms. The number of pyridine rings is 1. The van der Waals surface area contributed by atoms with E-state index in [0.717, 1.165) is 70.3 Å². The van der Waals surface area contributed by atoms with Crippen molar-refractivity contribution in [3.8, 4) is 0 Å². The van der Waals surface area contributed by atoms with Gasteiger partial charge in [0.2, 0.25) is 5.91 Å². The quantitative estimate of drug-likeness (QED) is 0.713. The van der Waals surface area contributed by atoms with Crippen LogP contribution in [0.1, 0.15) is 38.5 Å². The first-order chi connectivity index (χ1) is 15.4. The lowest BCUT2D eigenvalue weighted by Crippen LogP contribution is -2.47. The van der Waals surface area contributed by atoms with Gasteiger partial charge in [0, 0.05) is 49.5 Å². The number of rotatable bonds is 6. The zero-order valence-corrected chi connectivity index (χ0v) is 18.3. The Morgan fingerprint density at radius 3 is 2.50 bits per heavy atom. The van der Waals surface area contributed by atoms with Crippen LogP contribution >= 0.6 is 0 Å². The predicted octanol–water partition coefficient (Wildman–Crippen LogP) is 4.37. The van der Waals surface area contributed by atoms with Crippen LogP contribution in [0.2, 0.25) is 0 Å². The zero-order valence-electron chi connectivity index (χ0n) is 18.3. The molecule has 1 N–H and O–H groups in total. The van der Waals surface area contributed by atoms with Crippen molar-refractivity contribution in [1.82, 2.24) is 15.2 Å². The Bertz CT molecular complexity index is 898. The van der Waals surface area contributed by atoms with Gasteiger partial charge in [-0.25, -0.2) is 0 Å². The second kappa shape index (κ2) is 10.1. The van der Waals surface area contributed by atoms with E-state index in [4.69, 9.17) is 0 Å². The maximum Gasteiger partial charge on any atom is 0.397 e. The van der Waals surface area contributed by atoms with E-state index in [1.807, 2.05) is 18.3 Å². The fourth-order valence-electron chi connectivity index (χ4n) is 5.00. The molecule has 0 unspecified atom stereocenters. The molecule has 2 aliphatic rings. The van der Waals surface area contributed by atoms with Crippen LogP contribution in [-0.2, 0) is 4.79 Å². The summed E-state index contributed by atoms with van der Waals surface area (Å²) in [6.07, 6.45) is 0.619. The lowest BCUT2D eigenvalue weighted by Gasteiger charge is -2.37. The molecule has 1 aliphatic heterocycles. The Balaban J connectivity index is 1.17. The summed E-state index contributed by atoms with van der Waals surface area (Å²) in [5, 5.41) is 3.75. The molecule has 1 aromatic heterocycles. The highest BCUT2D eigenvalue weighted by Crippen LogP contribution is 2.29. The molecule has 2 aromatic rings. The molecule has 174 valence electrons. The number of nitrogens with one attached hydrogen (secondary N) is 1. The minimum atomic E-state index is -4.43. The number of halogens is 3. The smallest absolute Gasteiger partial charge is 0.368 e. The third kappa shape index (κ3) is 6.12. The maximum atomic E-state index is 12.3. The van der Waals surface area contributed by atoms with Crippen molar-refractivity contribution in [2.24, 2.45) is 5.92 Å². The van der Waals surface area contributed by atoms with Crippen LogP contribution in [0.4, 0.5) is 18.9 Å². The summed E-state index contributed by atoms with van der Waals surface area (Å²) in [5.41, 5.74) is 2.28. The van der Waals surface area contributed by atoms with Gasteiger partial charge >= 0.3 is 6.18 Å². The Morgan fingerprint density at radius 1 is 1.03 bits per heavy atom. The second-order valence-electron chi connectivity index (χ2n) is 9.04. The fraction of sp³-hybridized carbons (Fsp3) is 0.583. The molecule has 8 heteroatoms. The molecule has 1 aromatic carbocycles. The lowest BCUT2D eigenvalue weighted by molar-refractivity contribution is -0.154. The van der Waals surface area contributed by atoms with Crippen molar-refractivity contribution in [1.29, 1.82) is 0 Å². The average Bonchev–Trinajstić information content (AvgIpc) is 2.77. The van der Waals surface area contributed by atoms with Crippen LogP contribution in [0.15, 0.2) is 36.5 Å². The van der Waals surface area contributed by atoms with Crippen LogP contribution in [0.3, 0.4) is 0 Å². The summed E-state index contributed by atoms with van der Waals surface area (Å²) in [4.78, 5) is 20.9. The number of hydrogen-bond donors (Lipinski definition) is 1. The van der Waals surface area contributed by atoms with E-state index >= 15 is 0 Å². The summed E-state index contributed by atoms with van der Waals surface area (Å²) in [6, 6.07) is 10.3. The maximum absolute atomic E-state index is 12.3. The monoisotopic (exact) mass is 448 g/mol. The van der Waals surface area contributed by atoms with Gasteiger partial charge in [-0.3, -0.25) is 14.7 Å². The Hall–Kier alpha value is -2.35. The van der Waals surface area contributed by atoms with E-state index in [1.165, 1.54) is 11.1 Å². The number of hydrogen-bond acceptors (Lipinski definition) is 4. The first-order valence-electron chi connectivity index (χ1n) is 11.5. The number of anilines is 1. The second-order valence-corrected chi connectivity index (χ2v) is 9.04. The number of fused-ring (bicyclic) bond motifs is 1. The topological polar surface area (TPSA) is 48.5 Å². The SMILES string of the molecule is O=C(CC(F)(F)F)N[C@H]1CC[C@H](CCN2CCN(c3cccc4ncccc34)CC2)CC1. The molecular weight excluding hydrogens is 417 g/mol. The zero-order chi connectivity index (χ0) is 22.6. The number of piperazine rings is 1. The molecule has 1 amide bonds. The van der Waals surface area contributed by atoms with Crippen LogP contribution < -0.4 is 10.2 Å². The molecule has 1 saturated heterocycles. The molecule has 2 heterocycles. The number of carbonyl (C=O) groups excluding carboxylic acids is 1. The largest absolute Gasteiger partial charge is 0.397 e. The molecule has 2 fully saturated rings. The molecule has 0 atom stereocenters. The van der Waals surface area contributed by atoms with Crippen LogP contribution in [0.25, 0.3) is 10.9 Å². The number of alkyl halides is 3. The molecule has 1 aliphatic carbocycles. The van der Waals surface area contributed by atoms with Gasteiger partial charge < -0.3 is 10.2 Å². The first-order valence-corrected chi connectivity index (χ1v) is 11.5. The standard InChI is InChI=1S/C24H31F3N4O/c25-24(26,27)17-23(32)29-19-8-6-18(7-9-19)10-12-30-13-15-31(16-14-30)22-5-1-4-21-20(22)3-2-11-28-21/h1-5,11,18-19H,6-10,12-17H2,(H,29,32)/t18-,19-. The highest BCUT2D eigenvalue weighted by Gasteiger charge is 2.32.